The van der Waals surface area contributed by atoms with Gasteiger partial charge in [0.05, 0.1) is 18.0 Å². The number of nitrogens with zero attached hydrogens (tertiary/aromatic N) is 2. The summed E-state index contributed by atoms with van der Waals surface area (Å²) in [5.74, 6) is -0.109. The Morgan fingerprint density at radius 1 is 1.71 bits per heavy atom. The van der Waals surface area contributed by atoms with E-state index in [4.69, 9.17) is 11.0 Å². The van der Waals surface area contributed by atoms with Gasteiger partial charge in [0.25, 0.3) is 0 Å². The summed E-state index contributed by atoms with van der Waals surface area (Å²) in [6, 6.07) is 1.96. The first-order valence-electron chi connectivity index (χ1n) is 4.80. The third-order valence-electron chi connectivity index (χ3n) is 2.59. The summed E-state index contributed by atoms with van der Waals surface area (Å²) in [5.41, 5.74) is 5.00. The minimum absolute atomic E-state index is 0.0816. The van der Waals surface area contributed by atoms with E-state index in [9.17, 15) is 4.79 Å². The highest BCUT2D eigenvalue weighted by molar-refractivity contribution is 5.85. The Bertz CT molecular complexity index is 242. The fourth-order valence-corrected chi connectivity index (χ4v) is 1.02. The average Bonchev–Trinajstić information content (AvgIpc) is 2.15. The van der Waals surface area contributed by atoms with E-state index in [1.165, 1.54) is 0 Å². The molecule has 0 rings (SSSR count). The molecule has 0 bridgehead atoms. The van der Waals surface area contributed by atoms with Gasteiger partial charge in [-0.1, -0.05) is 6.92 Å². The molecule has 0 heterocycles. The zero-order valence-electron chi connectivity index (χ0n) is 9.37. The van der Waals surface area contributed by atoms with Crippen LogP contribution in [0.15, 0.2) is 0 Å². The first-order chi connectivity index (χ1) is 6.36. The zero-order valence-corrected chi connectivity index (χ0v) is 9.37. The van der Waals surface area contributed by atoms with Gasteiger partial charge in [0.2, 0.25) is 5.91 Å². The molecule has 0 aromatic heterocycles. The lowest BCUT2D eigenvalue weighted by molar-refractivity contribution is -0.136. The van der Waals surface area contributed by atoms with Crippen LogP contribution >= 0.6 is 0 Å². The molecule has 4 nitrogen and oxygen atoms in total. The van der Waals surface area contributed by atoms with E-state index in [0.29, 0.717) is 12.8 Å². The van der Waals surface area contributed by atoms with Crippen LogP contribution in [-0.4, -0.2) is 29.4 Å². The summed E-state index contributed by atoms with van der Waals surface area (Å²) in [5, 5.41) is 8.51. The van der Waals surface area contributed by atoms with Crippen molar-refractivity contribution >= 4 is 5.91 Å². The van der Waals surface area contributed by atoms with E-state index in [1.807, 2.05) is 19.9 Å². The second-order valence-corrected chi connectivity index (χ2v) is 3.90. The predicted octanol–water partition coefficient (Wildman–Crippen LogP) is 0.874. The van der Waals surface area contributed by atoms with Crippen LogP contribution in [0.25, 0.3) is 0 Å². The standard InChI is InChI=1S/C10H19N3O/c1-5-10(3,12)9(14)13(4)8(2)6-7-11/h8H,5-6,12H2,1-4H3. The minimum atomic E-state index is -0.821. The highest BCUT2D eigenvalue weighted by atomic mass is 16.2. The van der Waals surface area contributed by atoms with Crippen molar-refractivity contribution in [3.8, 4) is 6.07 Å². The maximum atomic E-state index is 11.8. The van der Waals surface area contributed by atoms with Crippen molar-refractivity contribution < 1.29 is 4.79 Å². The molecule has 2 atom stereocenters. The monoisotopic (exact) mass is 197 g/mol. The van der Waals surface area contributed by atoms with E-state index in [2.05, 4.69) is 0 Å². The number of hydrogen-bond acceptors (Lipinski definition) is 3. The fraction of sp³-hybridized carbons (Fsp3) is 0.800. The Hall–Kier alpha value is -1.08. The van der Waals surface area contributed by atoms with Crippen LogP contribution in [0.4, 0.5) is 0 Å². The normalized spacial score (nSPS) is 16.6. The second-order valence-electron chi connectivity index (χ2n) is 3.90. The lowest BCUT2D eigenvalue weighted by Gasteiger charge is -2.31. The number of likely N-dealkylation sites (N-methyl/N-ethyl adjacent to an activating group) is 1. The van der Waals surface area contributed by atoms with E-state index in [1.54, 1.807) is 18.9 Å². The molecule has 0 aliphatic heterocycles. The number of carbonyl (C=O) groups excluding carboxylic acids is 1. The summed E-state index contributed by atoms with van der Waals surface area (Å²) < 4.78 is 0. The molecule has 2 N–H and O–H groups in total. The maximum absolute atomic E-state index is 11.8. The lowest BCUT2D eigenvalue weighted by atomic mass is 9.98. The first-order valence-corrected chi connectivity index (χ1v) is 4.80. The van der Waals surface area contributed by atoms with Gasteiger partial charge in [-0.3, -0.25) is 4.79 Å². The Labute approximate surface area is 85.7 Å². The van der Waals surface area contributed by atoms with Gasteiger partial charge in [-0.15, -0.1) is 0 Å². The predicted molar refractivity (Wildman–Crippen MR) is 55.3 cm³/mol. The van der Waals surface area contributed by atoms with Gasteiger partial charge < -0.3 is 10.6 Å². The Morgan fingerprint density at radius 2 is 2.21 bits per heavy atom. The molecule has 14 heavy (non-hydrogen) atoms. The summed E-state index contributed by atoms with van der Waals surface area (Å²) in [4.78, 5) is 13.4. The smallest absolute Gasteiger partial charge is 0.242 e. The highest BCUT2D eigenvalue weighted by Gasteiger charge is 2.30. The van der Waals surface area contributed by atoms with Crippen molar-refractivity contribution in [2.24, 2.45) is 5.73 Å². The topological polar surface area (TPSA) is 70.1 Å². The van der Waals surface area contributed by atoms with Crippen LogP contribution in [0.3, 0.4) is 0 Å². The maximum Gasteiger partial charge on any atom is 0.242 e. The van der Waals surface area contributed by atoms with Crippen LogP contribution in [0.5, 0.6) is 0 Å². The van der Waals surface area contributed by atoms with E-state index < -0.39 is 5.54 Å². The largest absolute Gasteiger partial charge is 0.340 e. The van der Waals surface area contributed by atoms with Crippen LogP contribution in [0, 0.1) is 11.3 Å². The Balaban J connectivity index is 4.48. The van der Waals surface area contributed by atoms with E-state index >= 15 is 0 Å². The van der Waals surface area contributed by atoms with Crippen molar-refractivity contribution in [3.63, 3.8) is 0 Å². The quantitative estimate of drug-likeness (QED) is 0.727. The average molecular weight is 197 g/mol. The third-order valence-corrected chi connectivity index (χ3v) is 2.59. The van der Waals surface area contributed by atoms with Crippen LogP contribution in [-0.2, 0) is 4.79 Å². The van der Waals surface area contributed by atoms with Gasteiger partial charge in [0.15, 0.2) is 0 Å². The van der Waals surface area contributed by atoms with Gasteiger partial charge in [-0.05, 0) is 20.3 Å². The number of nitriles is 1. The summed E-state index contributed by atoms with van der Waals surface area (Å²) in [6.45, 7) is 5.43. The Kier molecular flexibility index (Phi) is 4.58. The number of carbonyl (C=O) groups is 1. The van der Waals surface area contributed by atoms with Gasteiger partial charge >= 0.3 is 0 Å². The summed E-state index contributed by atoms with van der Waals surface area (Å²) in [6.07, 6.45) is 0.928. The van der Waals surface area contributed by atoms with Crippen molar-refractivity contribution in [3.05, 3.63) is 0 Å². The van der Waals surface area contributed by atoms with Gasteiger partial charge in [-0.25, -0.2) is 0 Å². The molecule has 0 spiro atoms. The highest BCUT2D eigenvalue weighted by Crippen LogP contribution is 2.12. The molecule has 80 valence electrons. The van der Waals surface area contributed by atoms with Gasteiger partial charge in [0, 0.05) is 13.1 Å². The third kappa shape index (κ3) is 3.00. The molecule has 4 heteroatoms. The minimum Gasteiger partial charge on any atom is -0.340 e. The number of nitrogens with two attached hydrogens (primary N) is 1. The van der Waals surface area contributed by atoms with Crippen LogP contribution in [0.2, 0.25) is 0 Å². The van der Waals surface area contributed by atoms with E-state index in [-0.39, 0.29) is 11.9 Å². The van der Waals surface area contributed by atoms with E-state index in [0.717, 1.165) is 0 Å². The van der Waals surface area contributed by atoms with Crippen molar-refractivity contribution in [2.75, 3.05) is 7.05 Å². The van der Waals surface area contributed by atoms with Gasteiger partial charge in [0.1, 0.15) is 0 Å². The lowest BCUT2D eigenvalue weighted by Crippen LogP contribution is -2.53. The molecule has 0 radical (unpaired) electrons. The summed E-state index contributed by atoms with van der Waals surface area (Å²) in [7, 11) is 1.69. The molecule has 0 aromatic rings. The zero-order chi connectivity index (χ0) is 11.4. The molecular formula is C10H19N3O. The molecule has 2 unspecified atom stereocenters. The Morgan fingerprint density at radius 3 is 2.57 bits per heavy atom. The number of amides is 1. The molecule has 0 saturated carbocycles. The second kappa shape index (κ2) is 4.97. The molecule has 0 saturated heterocycles. The number of hydrogen-bond donors (Lipinski definition) is 1. The summed E-state index contributed by atoms with van der Waals surface area (Å²) >= 11 is 0. The van der Waals surface area contributed by atoms with Gasteiger partial charge in [-0.2, -0.15) is 5.26 Å². The molecular weight excluding hydrogens is 178 g/mol. The first kappa shape index (κ1) is 12.9. The van der Waals surface area contributed by atoms with Crippen molar-refractivity contribution in [1.82, 2.24) is 4.90 Å². The number of rotatable bonds is 4. The van der Waals surface area contributed by atoms with Crippen LogP contribution in [0.1, 0.15) is 33.6 Å². The molecule has 0 fully saturated rings. The fourth-order valence-electron chi connectivity index (χ4n) is 1.02. The molecule has 0 aliphatic rings. The van der Waals surface area contributed by atoms with Crippen molar-refractivity contribution in [1.29, 1.82) is 5.26 Å². The molecule has 1 amide bonds. The molecule has 0 aliphatic carbocycles. The van der Waals surface area contributed by atoms with Crippen molar-refractivity contribution in [2.45, 2.75) is 45.2 Å². The molecule has 0 aromatic carbocycles. The SMILES string of the molecule is CCC(C)(N)C(=O)N(C)C(C)CC#N. The van der Waals surface area contributed by atoms with Crippen LogP contribution < -0.4 is 5.73 Å².